The first-order chi connectivity index (χ1) is 7.30. The lowest BCUT2D eigenvalue weighted by atomic mass is 10.2. The SMILES string of the molecule is CCOc1cncc(N[C@@H](CC)CO)n1. The molecule has 0 aliphatic carbocycles. The van der Waals surface area contributed by atoms with Gasteiger partial charge >= 0.3 is 0 Å². The molecular weight excluding hydrogens is 194 g/mol. The highest BCUT2D eigenvalue weighted by molar-refractivity contribution is 5.34. The van der Waals surface area contributed by atoms with Gasteiger partial charge in [0.1, 0.15) is 5.82 Å². The molecule has 0 bridgehead atoms. The summed E-state index contributed by atoms with van der Waals surface area (Å²) < 4.78 is 5.22. The molecule has 15 heavy (non-hydrogen) atoms. The zero-order valence-electron chi connectivity index (χ0n) is 9.10. The van der Waals surface area contributed by atoms with E-state index < -0.39 is 0 Å². The van der Waals surface area contributed by atoms with Gasteiger partial charge in [0, 0.05) is 0 Å². The molecule has 0 unspecified atom stereocenters. The van der Waals surface area contributed by atoms with Crippen molar-refractivity contribution in [3.05, 3.63) is 12.4 Å². The minimum atomic E-state index is 0.0103. The van der Waals surface area contributed by atoms with Gasteiger partial charge in [-0.3, -0.25) is 4.98 Å². The van der Waals surface area contributed by atoms with E-state index >= 15 is 0 Å². The van der Waals surface area contributed by atoms with Crippen molar-refractivity contribution in [3.8, 4) is 5.88 Å². The minimum absolute atomic E-state index is 0.0103. The van der Waals surface area contributed by atoms with Crippen LogP contribution in [0.15, 0.2) is 12.4 Å². The number of hydrogen-bond donors (Lipinski definition) is 2. The van der Waals surface area contributed by atoms with Crippen LogP contribution in [0.3, 0.4) is 0 Å². The Hall–Kier alpha value is -1.36. The number of aliphatic hydroxyl groups is 1. The normalized spacial score (nSPS) is 12.2. The van der Waals surface area contributed by atoms with Crippen molar-refractivity contribution in [3.63, 3.8) is 0 Å². The van der Waals surface area contributed by atoms with Crippen LogP contribution in [0.1, 0.15) is 20.3 Å². The summed E-state index contributed by atoms with van der Waals surface area (Å²) in [5.41, 5.74) is 0. The third kappa shape index (κ3) is 3.71. The van der Waals surface area contributed by atoms with E-state index in [0.29, 0.717) is 18.3 Å². The van der Waals surface area contributed by atoms with Gasteiger partial charge in [0.05, 0.1) is 31.6 Å². The number of nitrogens with one attached hydrogen (secondary N) is 1. The number of hydrogen-bond acceptors (Lipinski definition) is 5. The molecule has 0 saturated carbocycles. The summed E-state index contributed by atoms with van der Waals surface area (Å²) in [5.74, 6) is 1.12. The maximum Gasteiger partial charge on any atom is 0.234 e. The molecule has 2 N–H and O–H groups in total. The van der Waals surface area contributed by atoms with Gasteiger partial charge in [-0.25, -0.2) is 0 Å². The van der Waals surface area contributed by atoms with Crippen molar-refractivity contribution in [1.82, 2.24) is 9.97 Å². The van der Waals surface area contributed by atoms with E-state index in [9.17, 15) is 0 Å². The van der Waals surface area contributed by atoms with Crippen LogP contribution in [0.2, 0.25) is 0 Å². The maximum absolute atomic E-state index is 9.02. The van der Waals surface area contributed by atoms with Crippen LogP contribution in [-0.4, -0.2) is 34.3 Å². The molecule has 0 aromatic carbocycles. The van der Waals surface area contributed by atoms with Gasteiger partial charge in [0.15, 0.2) is 0 Å². The molecule has 1 heterocycles. The molecule has 0 radical (unpaired) electrons. The molecule has 84 valence electrons. The number of ether oxygens (including phenoxy) is 1. The molecule has 1 aromatic rings. The van der Waals surface area contributed by atoms with Crippen LogP contribution in [-0.2, 0) is 0 Å². The molecule has 1 atom stereocenters. The molecule has 0 amide bonds. The summed E-state index contributed by atoms with van der Waals surface area (Å²) in [7, 11) is 0. The van der Waals surface area contributed by atoms with Crippen molar-refractivity contribution in [2.75, 3.05) is 18.5 Å². The Balaban J connectivity index is 2.64. The number of anilines is 1. The van der Waals surface area contributed by atoms with Gasteiger partial charge in [-0.15, -0.1) is 0 Å². The molecule has 0 aliphatic heterocycles. The van der Waals surface area contributed by atoms with Gasteiger partial charge in [-0.2, -0.15) is 4.98 Å². The summed E-state index contributed by atoms with van der Waals surface area (Å²) in [4.78, 5) is 8.18. The fraction of sp³-hybridized carbons (Fsp3) is 0.600. The van der Waals surface area contributed by atoms with E-state index in [0.717, 1.165) is 6.42 Å². The van der Waals surface area contributed by atoms with Crippen molar-refractivity contribution in [1.29, 1.82) is 0 Å². The van der Waals surface area contributed by atoms with E-state index in [-0.39, 0.29) is 12.6 Å². The third-order valence-electron chi connectivity index (χ3n) is 1.97. The largest absolute Gasteiger partial charge is 0.477 e. The second kappa shape index (κ2) is 6.19. The maximum atomic E-state index is 9.02. The predicted molar refractivity (Wildman–Crippen MR) is 58.0 cm³/mol. The van der Waals surface area contributed by atoms with Crippen molar-refractivity contribution in [2.24, 2.45) is 0 Å². The molecule has 5 nitrogen and oxygen atoms in total. The lowest BCUT2D eigenvalue weighted by Gasteiger charge is -2.14. The monoisotopic (exact) mass is 211 g/mol. The van der Waals surface area contributed by atoms with Gasteiger partial charge in [0.2, 0.25) is 5.88 Å². The Kier molecular flexibility index (Phi) is 4.83. The van der Waals surface area contributed by atoms with Crippen LogP contribution in [0.25, 0.3) is 0 Å². The number of aliphatic hydroxyl groups excluding tert-OH is 1. The smallest absolute Gasteiger partial charge is 0.234 e. The second-order valence-electron chi connectivity index (χ2n) is 3.11. The molecule has 5 heteroatoms. The number of nitrogens with zero attached hydrogens (tertiary/aromatic N) is 2. The number of aromatic nitrogens is 2. The van der Waals surface area contributed by atoms with E-state index in [2.05, 4.69) is 15.3 Å². The van der Waals surface area contributed by atoms with E-state index in [1.165, 1.54) is 0 Å². The van der Waals surface area contributed by atoms with Crippen LogP contribution in [0, 0.1) is 0 Å². The molecule has 1 rings (SSSR count). The van der Waals surface area contributed by atoms with E-state index in [1.54, 1.807) is 12.4 Å². The van der Waals surface area contributed by atoms with Crippen molar-refractivity contribution >= 4 is 5.82 Å². The topological polar surface area (TPSA) is 67.3 Å². The average Bonchev–Trinajstić information content (AvgIpc) is 2.27. The summed E-state index contributed by atoms with van der Waals surface area (Å²) >= 11 is 0. The average molecular weight is 211 g/mol. The van der Waals surface area contributed by atoms with Gasteiger partial charge in [-0.05, 0) is 13.3 Å². The fourth-order valence-corrected chi connectivity index (χ4v) is 1.12. The molecule has 0 saturated heterocycles. The highest BCUT2D eigenvalue weighted by Gasteiger charge is 2.05. The molecule has 0 aliphatic rings. The Morgan fingerprint density at radius 2 is 2.27 bits per heavy atom. The summed E-state index contributed by atoms with van der Waals surface area (Å²) in [6, 6.07) is 0.0103. The highest BCUT2D eigenvalue weighted by Crippen LogP contribution is 2.10. The zero-order valence-corrected chi connectivity index (χ0v) is 9.10. The summed E-state index contributed by atoms with van der Waals surface area (Å²) in [6.45, 7) is 4.53. The highest BCUT2D eigenvalue weighted by atomic mass is 16.5. The van der Waals surface area contributed by atoms with E-state index in [1.807, 2.05) is 13.8 Å². The van der Waals surface area contributed by atoms with Crippen LogP contribution in [0.5, 0.6) is 5.88 Å². The van der Waals surface area contributed by atoms with Crippen molar-refractivity contribution < 1.29 is 9.84 Å². The fourth-order valence-electron chi connectivity index (χ4n) is 1.12. The molecular formula is C10H17N3O2. The lowest BCUT2D eigenvalue weighted by Crippen LogP contribution is -2.23. The quantitative estimate of drug-likeness (QED) is 0.736. The molecule has 0 fully saturated rings. The molecule has 0 spiro atoms. The van der Waals surface area contributed by atoms with Gasteiger partial charge in [0.25, 0.3) is 0 Å². The zero-order chi connectivity index (χ0) is 11.1. The first kappa shape index (κ1) is 11.7. The third-order valence-corrected chi connectivity index (χ3v) is 1.97. The second-order valence-corrected chi connectivity index (χ2v) is 3.11. The van der Waals surface area contributed by atoms with Crippen LogP contribution in [0.4, 0.5) is 5.82 Å². The van der Waals surface area contributed by atoms with Crippen LogP contribution >= 0.6 is 0 Å². The Morgan fingerprint density at radius 3 is 2.87 bits per heavy atom. The Morgan fingerprint density at radius 1 is 1.47 bits per heavy atom. The van der Waals surface area contributed by atoms with Crippen molar-refractivity contribution in [2.45, 2.75) is 26.3 Å². The van der Waals surface area contributed by atoms with Crippen LogP contribution < -0.4 is 10.1 Å². The number of rotatable bonds is 6. The Bertz CT molecular complexity index is 290. The molecule has 1 aromatic heterocycles. The first-order valence-electron chi connectivity index (χ1n) is 5.12. The first-order valence-corrected chi connectivity index (χ1v) is 5.12. The van der Waals surface area contributed by atoms with Gasteiger partial charge in [-0.1, -0.05) is 6.92 Å². The van der Waals surface area contributed by atoms with E-state index in [4.69, 9.17) is 9.84 Å². The minimum Gasteiger partial charge on any atom is -0.477 e. The summed E-state index contributed by atoms with van der Waals surface area (Å²) in [5, 5.41) is 12.1. The summed E-state index contributed by atoms with van der Waals surface area (Å²) in [6.07, 6.45) is 4.01. The standard InChI is InChI=1S/C10H17N3O2/c1-3-8(7-14)12-9-5-11-6-10(13-9)15-4-2/h5-6,8,14H,3-4,7H2,1-2H3,(H,12,13)/t8-/m0/s1. The lowest BCUT2D eigenvalue weighted by molar-refractivity contribution is 0.271. The van der Waals surface area contributed by atoms with Gasteiger partial charge < -0.3 is 15.2 Å². The predicted octanol–water partition coefficient (Wildman–Crippen LogP) is 1.06. The Labute approximate surface area is 89.5 Å².